The summed E-state index contributed by atoms with van der Waals surface area (Å²) in [5, 5.41) is 7.53. The van der Waals surface area contributed by atoms with Gasteiger partial charge in [-0.25, -0.2) is 8.42 Å². The van der Waals surface area contributed by atoms with Crippen LogP contribution in [0.1, 0.15) is 25.0 Å². The molecule has 1 fully saturated rings. The first-order valence-corrected chi connectivity index (χ1v) is 11.6. The highest BCUT2D eigenvalue weighted by Gasteiger charge is 2.25. The smallest absolute Gasteiger partial charge is 0.194 e. The molecule has 0 aliphatic carbocycles. The Kier molecular flexibility index (Phi) is 7.27. The quantitative estimate of drug-likeness (QED) is 0.417. The van der Waals surface area contributed by atoms with Crippen LogP contribution in [0.2, 0.25) is 0 Å². The largest absolute Gasteiger partial charge is 0.370 e. The maximum atomic E-state index is 12.4. The SMILES string of the molecule is CCNC(=NCCCS(=O)(=O)c1ccccc1)N1CCOC(c2cnn(C)c2)C1. The minimum atomic E-state index is -3.27. The van der Waals surface area contributed by atoms with Crippen LogP contribution in [-0.4, -0.2) is 67.6 Å². The third kappa shape index (κ3) is 5.80. The van der Waals surface area contributed by atoms with Gasteiger partial charge in [-0.05, 0) is 25.5 Å². The third-order valence-electron chi connectivity index (χ3n) is 4.73. The summed E-state index contributed by atoms with van der Waals surface area (Å²) in [6.45, 7) is 5.24. The van der Waals surface area contributed by atoms with Gasteiger partial charge in [0, 0.05) is 38.4 Å². The van der Waals surface area contributed by atoms with E-state index in [2.05, 4.69) is 20.3 Å². The van der Waals surface area contributed by atoms with E-state index in [0.29, 0.717) is 31.0 Å². The van der Waals surface area contributed by atoms with Crippen molar-refractivity contribution in [1.82, 2.24) is 20.0 Å². The normalized spacial score (nSPS) is 18.1. The highest BCUT2D eigenvalue weighted by atomic mass is 32.2. The van der Waals surface area contributed by atoms with Crippen LogP contribution in [0, 0.1) is 0 Å². The van der Waals surface area contributed by atoms with Crippen molar-refractivity contribution in [2.24, 2.45) is 12.0 Å². The lowest BCUT2D eigenvalue weighted by Gasteiger charge is -2.34. The molecule has 1 saturated heterocycles. The number of aromatic nitrogens is 2. The number of hydrogen-bond donors (Lipinski definition) is 1. The standard InChI is InChI=1S/C20H29N5O3S/c1-3-21-20(22-10-7-13-29(26,27)18-8-5-4-6-9-18)25-11-12-28-19(16-25)17-14-23-24(2)15-17/h4-6,8-9,14-15,19H,3,7,10-13,16H2,1-2H3,(H,21,22). The summed E-state index contributed by atoms with van der Waals surface area (Å²) in [6, 6.07) is 8.56. The number of morpholine rings is 1. The van der Waals surface area contributed by atoms with Crippen molar-refractivity contribution in [3.8, 4) is 0 Å². The van der Waals surface area contributed by atoms with Crippen LogP contribution in [0.3, 0.4) is 0 Å². The van der Waals surface area contributed by atoms with Crippen LogP contribution in [0.25, 0.3) is 0 Å². The fourth-order valence-electron chi connectivity index (χ4n) is 3.26. The number of ether oxygens (including phenoxy) is 1. The summed E-state index contributed by atoms with van der Waals surface area (Å²) in [6.07, 6.45) is 4.21. The molecule has 9 heteroatoms. The van der Waals surface area contributed by atoms with E-state index in [-0.39, 0.29) is 11.9 Å². The Balaban J connectivity index is 1.59. The molecule has 0 radical (unpaired) electrons. The fourth-order valence-corrected chi connectivity index (χ4v) is 4.58. The summed E-state index contributed by atoms with van der Waals surface area (Å²) in [4.78, 5) is 7.19. The van der Waals surface area contributed by atoms with Gasteiger partial charge in [-0.15, -0.1) is 0 Å². The van der Waals surface area contributed by atoms with Crippen molar-refractivity contribution < 1.29 is 13.2 Å². The topological polar surface area (TPSA) is 88.8 Å². The second kappa shape index (κ2) is 9.89. The zero-order valence-electron chi connectivity index (χ0n) is 17.0. The predicted molar refractivity (Wildman–Crippen MR) is 113 cm³/mol. The molecule has 1 aliphatic heterocycles. The molecule has 2 aromatic rings. The molecular formula is C20H29N5O3S. The molecule has 1 unspecified atom stereocenters. The van der Waals surface area contributed by atoms with Crippen LogP contribution in [0.4, 0.5) is 0 Å². The highest BCUT2D eigenvalue weighted by Crippen LogP contribution is 2.21. The second-order valence-electron chi connectivity index (χ2n) is 6.97. The summed E-state index contributed by atoms with van der Waals surface area (Å²) in [7, 11) is -1.38. The number of nitrogens with one attached hydrogen (secondary N) is 1. The lowest BCUT2D eigenvalue weighted by Crippen LogP contribution is -2.48. The Morgan fingerprint density at radius 2 is 2.14 bits per heavy atom. The van der Waals surface area contributed by atoms with E-state index in [9.17, 15) is 8.42 Å². The van der Waals surface area contributed by atoms with E-state index >= 15 is 0 Å². The predicted octanol–water partition coefficient (Wildman–Crippen LogP) is 1.62. The van der Waals surface area contributed by atoms with Crippen LogP contribution in [-0.2, 0) is 21.6 Å². The van der Waals surface area contributed by atoms with E-state index in [1.54, 1.807) is 28.9 Å². The van der Waals surface area contributed by atoms with Gasteiger partial charge in [0.2, 0.25) is 0 Å². The van der Waals surface area contributed by atoms with Crippen LogP contribution >= 0.6 is 0 Å². The van der Waals surface area contributed by atoms with E-state index in [0.717, 1.165) is 24.6 Å². The van der Waals surface area contributed by atoms with Gasteiger partial charge in [0.15, 0.2) is 15.8 Å². The summed E-state index contributed by atoms with van der Waals surface area (Å²) < 4.78 is 32.5. The van der Waals surface area contributed by atoms with Gasteiger partial charge in [0.25, 0.3) is 0 Å². The molecule has 0 saturated carbocycles. The Morgan fingerprint density at radius 1 is 1.34 bits per heavy atom. The fraction of sp³-hybridized carbons (Fsp3) is 0.500. The summed E-state index contributed by atoms with van der Waals surface area (Å²) in [5.41, 5.74) is 1.04. The van der Waals surface area contributed by atoms with Crippen molar-refractivity contribution >= 4 is 15.8 Å². The molecule has 29 heavy (non-hydrogen) atoms. The number of sulfone groups is 1. The van der Waals surface area contributed by atoms with Crippen molar-refractivity contribution in [2.75, 3.05) is 38.5 Å². The lowest BCUT2D eigenvalue weighted by molar-refractivity contribution is -0.00803. The minimum Gasteiger partial charge on any atom is -0.370 e. The highest BCUT2D eigenvalue weighted by molar-refractivity contribution is 7.91. The van der Waals surface area contributed by atoms with Gasteiger partial charge < -0.3 is 15.0 Å². The van der Waals surface area contributed by atoms with Crippen molar-refractivity contribution in [3.63, 3.8) is 0 Å². The molecule has 8 nitrogen and oxygen atoms in total. The molecule has 158 valence electrons. The average Bonchev–Trinajstić information content (AvgIpc) is 3.17. The van der Waals surface area contributed by atoms with E-state index in [1.165, 1.54) is 0 Å². The zero-order valence-corrected chi connectivity index (χ0v) is 17.8. The first-order valence-electron chi connectivity index (χ1n) is 9.91. The second-order valence-corrected chi connectivity index (χ2v) is 9.08. The Bertz CT molecular complexity index is 911. The summed E-state index contributed by atoms with van der Waals surface area (Å²) in [5.74, 6) is 0.878. The van der Waals surface area contributed by atoms with E-state index in [1.807, 2.05) is 32.4 Å². The molecule has 2 heterocycles. The Hall–Kier alpha value is -2.39. The summed E-state index contributed by atoms with van der Waals surface area (Å²) >= 11 is 0. The number of aliphatic imine (C=N–C) groups is 1. The van der Waals surface area contributed by atoms with E-state index < -0.39 is 9.84 Å². The molecule has 1 aromatic heterocycles. The number of benzene rings is 1. The van der Waals surface area contributed by atoms with Crippen LogP contribution in [0.5, 0.6) is 0 Å². The van der Waals surface area contributed by atoms with Gasteiger partial charge in [-0.1, -0.05) is 18.2 Å². The van der Waals surface area contributed by atoms with E-state index in [4.69, 9.17) is 4.74 Å². The van der Waals surface area contributed by atoms with Gasteiger partial charge in [0.1, 0.15) is 6.10 Å². The van der Waals surface area contributed by atoms with Gasteiger partial charge >= 0.3 is 0 Å². The van der Waals surface area contributed by atoms with Gasteiger partial charge in [-0.3, -0.25) is 9.67 Å². The van der Waals surface area contributed by atoms with Gasteiger partial charge in [-0.2, -0.15) is 5.10 Å². The maximum Gasteiger partial charge on any atom is 0.194 e. The monoisotopic (exact) mass is 419 g/mol. The lowest BCUT2D eigenvalue weighted by atomic mass is 10.1. The number of aryl methyl sites for hydroxylation is 1. The number of guanidine groups is 1. The molecule has 3 rings (SSSR count). The molecule has 1 atom stereocenters. The average molecular weight is 420 g/mol. The molecule has 0 spiro atoms. The number of hydrogen-bond acceptors (Lipinski definition) is 5. The molecule has 0 amide bonds. The van der Waals surface area contributed by atoms with Crippen molar-refractivity contribution in [1.29, 1.82) is 0 Å². The third-order valence-corrected chi connectivity index (χ3v) is 6.55. The zero-order chi connectivity index (χ0) is 20.7. The maximum absolute atomic E-state index is 12.4. The molecule has 1 N–H and O–H groups in total. The Labute approximate surface area is 172 Å². The Morgan fingerprint density at radius 3 is 2.83 bits per heavy atom. The van der Waals surface area contributed by atoms with Crippen LogP contribution in [0.15, 0.2) is 52.6 Å². The van der Waals surface area contributed by atoms with Crippen molar-refractivity contribution in [3.05, 3.63) is 48.3 Å². The molecule has 1 aliphatic rings. The van der Waals surface area contributed by atoms with Crippen LogP contribution < -0.4 is 5.32 Å². The number of rotatable bonds is 7. The first-order chi connectivity index (χ1) is 14.0. The molecule has 0 bridgehead atoms. The van der Waals surface area contributed by atoms with Crippen molar-refractivity contribution in [2.45, 2.75) is 24.3 Å². The minimum absolute atomic E-state index is 0.0558. The number of nitrogens with zero attached hydrogens (tertiary/aromatic N) is 4. The molecule has 1 aromatic carbocycles. The first kappa shape index (κ1) is 21.3. The molecular weight excluding hydrogens is 390 g/mol. The van der Waals surface area contributed by atoms with Gasteiger partial charge in [0.05, 0.1) is 30.0 Å².